The van der Waals surface area contributed by atoms with E-state index in [-0.39, 0.29) is 12.1 Å². The predicted molar refractivity (Wildman–Crippen MR) is 57.1 cm³/mol. The van der Waals surface area contributed by atoms with Crippen molar-refractivity contribution >= 4 is 5.91 Å². The van der Waals surface area contributed by atoms with Gasteiger partial charge in [0, 0.05) is 0 Å². The van der Waals surface area contributed by atoms with Crippen LogP contribution in [0.3, 0.4) is 0 Å². The number of hydrogen-bond donors (Lipinski definition) is 1. The molecule has 0 saturated heterocycles. The second kappa shape index (κ2) is 4.42. The fraction of sp³-hybridized carbons (Fsp3) is 0.500. The van der Waals surface area contributed by atoms with Gasteiger partial charge in [-0.3, -0.25) is 4.79 Å². The summed E-state index contributed by atoms with van der Waals surface area (Å²) < 4.78 is 14.0. The van der Waals surface area contributed by atoms with Crippen molar-refractivity contribution in [3.8, 4) is 0 Å². The van der Waals surface area contributed by atoms with Crippen molar-refractivity contribution in [2.45, 2.75) is 32.9 Å². The first kappa shape index (κ1) is 12.4. The summed E-state index contributed by atoms with van der Waals surface area (Å²) in [6.45, 7) is 8.97. The third-order valence-electron chi connectivity index (χ3n) is 1.90. The van der Waals surface area contributed by atoms with E-state index in [1.807, 2.05) is 20.8 Å². The molecule has 1 N–H and O–H groups in total. The molecule has 1 amide bonds. The first-order valence-corrected chi connectivity index (χ1v) is 4.85. The van der Waals surface area contributed by atoms with Crippen molar-refractivity contribution in [1.82, 2.24) is 20.3 Å². The van der Waals surface area contributed by atoms with Gasteiger partial charge in [0.1, 0.15) is 5.69 Å². The van der Waals surface area contributed by atoms with Crippen molar-refractivity contribution in [2.75, 3.05) is 0 Å². The van der Waals surface area contributed by atoms with E-state index >= 15 is 0 Å². The summed E-state index contributed by atoms with van der Waals surface area (Å²) >= 11 is 0. The third-order valence-corrected chi connectivity index (χ3v) is 1.90. The number of nitrogens with zero attached hydrogens (tertiary/aromatic N) is 3. The fourth-order valence-corrected chi connectivity index (χ4v) is 0.974. The fourth-order valence-electron chi connectivity index (χ4n) is 0.974. The Morgan fingerprint density at radius 2 is 2.25 bits per heavy atom. The Bertz CT molecular complexity index is 405. The van der Waals surface area contributed by atoms with E-state index in [0.29, 0.717) is 5.69 Å². The molecule has 0 unspecified atom stereocenters. The predicted octanol–water partition coefficient (Wildman–Crippen LogP) is 1.13. The zero-order valence-corrected chi connectivity index (χ0v) is 9.62. The van der Waals surface area contributed by atoms with E-state index in [9.17, 15) is 9.18 Å². The largest absolute Gasteiger partial charge is 0.344 e. The van der Waals surface area contributed by atoms with Crippen LogP contribution in [0.1, 0.15) is 26.5 Å². The summed E-state index contributed by atoms with van der Waals surface area (Å²) in [6, 6.07) is 0. The monoisotopic (exact) mass is 226 g/mol. The highest BCUT2D eigenvalue weighted by atomic mass is 19.1. The van der Waals surface area contributed by atoms with E-state index in [0.717, 1.165) is 0 Å². The molecule has 0 atom stereocenters. The van der Waals surface area contributed by atoms with Gasteiger partial charge in [-0.05, 0) is 20.8 Å². The molecular formula is C10H15FN4O. The van der Waals surface area contributed by atoms with Crippen molar-refractivity contribution in [1.29, 1.82) is 0 Å². The smallest absolute Gasteiger partial charge is 0.279 e. The molecule has 1 heterocycles. The number of nitrogens with one attached hydrogen (secondary N) is 1. The molecule has 1 aromatic heterocycles. The van der Waals surface area contributed by atoms with Crippen LogP contribution in [0.25, 0.3) is 0 Å². The SMILES string of the molecule is C=C(F)C(=O)NCc1cn(C(C)(C)C)nn1. The molecule has 0 aliphatic rings. The number of hydrogen-bond acceptors (Lipinski definition) is 3. The van der Waals surface area contributed by atoms with Crippen LogP contribution in [0, 0.1) is 0 Å². The highest BCUT2D eigenvalue weighted by Crippen LogP contribution is 2.11. The highest BCUT2D eigenvalue weighted by Gasteiger charge is 2.15. The molecule has 0 saturated carbocycles. The van der Waals surface area contributed by atoms with E-state index in [4.69, 9.17) is 0 Å². The van der Waals surface area contributed by atoms with E-state index in [1.54, 1.807) is 10.9 Å². The van der Waals surface area contributed by atoms with Gasteiger partial charge in [0.05, 0.1) is 18.3 Å². The summed E-state index contributed by atoms with van der Waals surface area (Å²) in [5, 5.41) is 10.1. The second-order valence-corrected chi connectivity index (χ2v) is 4.41. The molecule has 0 aliphatic heterocycles. The summed E-state index contributed by atoms with van der Waals surface area (Å²) in [5.41, 5.74) is 0.406. The van der Waals surface area contributed by atoms with Crippen molar-refractivity contribution in [2.24, 2.45) is 0 Å². The van der Waals surface area contributed by atoms with Gasteiger partial charge in [0.2, 0.25) is 0 Å². The van der Waals surface area contributed by atoms with Gasteiger partial charge in [0.15, 0.2) is 5.83 Å². The van der Waals surface area contributed by atoms with Gasteiger partial charge in [-0.1, -0.05) is 11.8 Å². The van der Waals surface area contributed by atoms with Gasteiger partial charge in [-0.15, -0.1) is 5.10 Å². The van der Waals surface area contributed by atoms with Crippen LogP contribution in [0.15, 0.2) is 18.6 Å². The number of carbonyl (C=O) groups excluding carboxylic acids is 1. The number of amides is 1. The second-order valence-electron chi connectivity index (χ2n) is 4.41. The molecule has 0 bridgehead atoms. The average Bonchev–Trinajstić information content (AvgIpc) is 2.61. The zero-order chi connectivity index (χ0) is 12.3. The van der Waals surface area contributed by atoms with E-state index in [1.165, 1.54) is 0 Å². The van der Waals surface area contributed by atoms with Gasteiger partial charge in [-0.25, -0.2) is 9.07 Å². The maximum Gasteiger partial charge on any atom is 0.279 e. The van der Waals surface area contributed by atoms with Crippen LogP contribution in [-0.2, 0) is 16.9 Å². The summed E-state index contributed by atoms with van der Waals surface area (Å²) in [7, 11) is 0. The van der Waals surface area contributed by atoms with Gasteiger partial charge >= 0.3 is 0 Å². The topological polar surface area (TPSA) is 59.8 Å². The molecule has 0 spiro atoms. The van der Waals surface area contributed by atoms with Gasteiger partial charge < -0.3 is 5.32 Å². The van der Waals surface area contributed by atoms with Crippen LogP contribution in [-0.4, -0.2) is 20.9 Å². The summed E-state index contributed by atoms with van der Waals surface area (Å²) in [5.74, 6) is -1.84. The third kappa shape index (κ3) is 3.15. The van der Waals surface area contributed by atoms with Crippen LogP contribution in [0.4, 0.5) is 4.39 Å². The molecule has 88 valence electrons. The lowest BCUT2D eigenvalue weighted by Gasteiger charge is -2.17. The lowest BCUT2D eigenvalue weighted by atomic mass is 10.1. The maximum atomic E-state index is 12.3. The minimum Gasteiger partial charge on any atom is -0.344 e. The number of rotatable bonds is 3. The summed E-state index contributed by atoms with van der Waals surface area (Å²) in [6.07, 6.45) is 1.71. The van der Waals surface area contributed by atoms with E-state index < -0.39 is 11.7 Å². The standard InChI is InChI=1S/C10H15FN4O/c1-7(11)9(16)12-5-8-6-15(14-13-8)10(2,3)4/h6H,1,5H2,2-4H3,(H,12,16). The Kier molecular flexibility index (Phi) is 3.41. The molecule has 0 fully saturated rings. The Labute approximate surface area is 93.3 Å². The lowest BCUT2D eigenvalue weighted by Crippen LogP contribution is -2.23. The van der Waals surface area contributed by atoms with Crippen LogP contribution >= 0.6 is 0 Å². The average molecular weight is 226 g/mol. The van der Waals surface area contributed by atoms with E-state index in [2.05, 4.69) is 22.2 Å². The number of halogens is 1. The van der Waals surface area contributed by atoms with Crippen molar-refractivity contribution in [3.63, 3.8) is 0 Å². The molecule has 0 aromatic carbocycles. The van der Waals surface area contributed by atoms with Crippen molar-refractivity contribution < 1.29 is 9.18 Å². The van der Waals surface area contributed by atoms with Crippen LogP contribution < -0.4 is 5.32 Å². The molecule has 1 rings (SSSR count). The Balaban J connectivity index is 2.60. The molecule has 6 heteroatoms. The quantitative estimate of drug-likeness (QED) is 0.786. The molecule has 5 nitrogen and oxygen atoms in total. The maximum absolute atomic E-state index is 12.3. The summed E-state index contributed by atoms with van der Waals surface area (Å²) in [4.78, 5) is 10.9. The molecule has 1 aromatic rings. The lowest BCUT2D eigenvalue weighted by molar-refractivity contribution is -0.119. The van der Waals surface area contributed by atoms with Gasteiger partial charge in [-0.2, -0.15) is 0 Å². The van der Waals surface area contributed by atoms with Crippen molar-refractivity contribution in [3.05, 3.63) is 24.3 Å². The zero-order valence-electron chi connectivity index (χ0n) is 9.62. The molecule has 0 radical (unpaired) electrons. The minimum absolute atomic E-state index is 0.137. The number of aromatic nitrogens is 3. The molecule has 0 aliphatic carbocycles. The van der Waals surface area contributed by atoms with Crippen LogP contribution in [0.2, 0.25) is 0 Å². The molecule has 16 heavy (non-hydrogen) atoms. The minimum atomic E-state index is -1.01. The normalized spacial score (nSPS) is 11.2. The highest BCUT2D eigenvalue weighted by molar-refractivity contribution is 5.90. The first-order valence-electron chi connectivity index (χ1n) is 4.85. The Hall–Kier alpha value is -1.72. The molecular weight excluding hydrogens is 211 g/mol. The Morgan fingerprint density at radius 3 is 2.69 bits per heavy atom. The Morgan fingerprint density at radius 1 is 1.62 bits per heavy atom. The van der Waals surface area contributed by atoms with Gasteiger partial charge in [0.25, 0.3) is 5.91 Å². The number of carbonyl (C=O) groups is 1. The van der Waals surface area contributed by atoms with Crippen LogP contribution in [0.5, 0.6) is 0 Å². The first-order chi connectivity index (χ1) is 7.30.